The van der Waals surface area contributed by atoms with Crippen molar-refractivity contribution in [3.05, 3.63) is 57.6 Å². The highest BCUT2D eigenvalue weighted by Gasteiger charge is 2.04. The van der Waals surface area contributed by atoms with Gasteiger partial charge < -0.3 is 10.2 Å². The van der Waals surface area contributed by atoms with Crippen LogP contribution < -0.4 is 0 Å². The van der Waals surface area contributed by atoms with E-state index in [0.29, 0.717) is 11.1 Å². The summed E-state index contributed by atoms with van der Waals surface area (Å²) in [6.45, 7) is 7.61. The standard InChI is InChI=1S/C18H20N2O2/c1-11-5-13(3)17(21)15(7-11)9-19-20-10-16-8-12(2)6-14(4)18(16)22/h5-10,21-22H,1-4H3/b19-9+,20-10+. The van der Waals surface area contributed by atoms with Gasteiger partial charge in [0.15, 0.2) is 0 Å². The van der Waals surface area contributed by atoms with E-state index in [1.54, 1.807) is 0 Å². The van der Waals surface area contributed by atoms with Crippen molar-refractivity contribution in [2.45, 2.75) is 27.7 Å². The molecule has 0 bridgehead atoms. The van der Waals surface area contributed by atoms with Crippen molar-refractivity contribution in [2.75, 3.05) is 0 Å². The molecular formula is C18H20N2O2. The Bertz CT molecular complexity index is 697. The maximum atomic E-state index is 9.97. The van der Waals surface area contributed by atoms with Gasteiger partial charge in [0.2, 0.25) is 0 Å². The highest BCUT2D eigenvalue weighted by molar-refractivity contribution is 5.87. The van der Waals surface area contributed by atoms with Crippen LogP contribution in [0.1, 0.15) is 33.4 Å². The van der Waals surface area contributed by atoms with E-state index in [-0.39, 0.29) is 11.5 Å². The van der Waals surface area contributed by atoms with Crippen molar-refractivity contribution < 1.29 is 10.2 Å². The molecule has 2 rings (SSSR count). The quantitative estimate of drug-likeness (QED) is 0.668. The van der Waals surface area contributed by atoms with Gasteiger partial charge in [-0.3, -0.25) is 0 Å². The molecule has 22 heavy (non-hydrogen) atoms. The molecule has 4 nitrogen and oxygen atoms in total. The van der Waals surface area contributed by atoms with Gasteiger partial charge in [-0.1, -0.05) is 12.1 Å². The van der Waals surface area contributed by atoms with E-state index >= 15 is 0 Å². The molecule has 0 fully saturated rings. The highest BCUT2D eigenvalue weighted by atomic mass is 16.3. The molecule has 0 aliphatic heterocycles. The number of aryl methyl sites for hydroxylation is 4. The van der Waals surface area contributed by atoms with Gasteiger partial charge in [0.25, 0.3) is 0 Å². The van der Waals surface area contributed by atoms with Gasteiger partial charge >= 0.3 is 0 Å². The Morgan fingerprint density at radius 3 is 1.41 bits per heavy atom. The number of hydrogen-bond donors (Lipinski definition) is 2. The van der Waals surface area contributed by atoms with Crippen molar-refractivity contribution in [2.24, 2.45) is 10.2 Å². The fraction of sp³-hybridized carbons (Fsp3) is 0.222. The maximum absolute atomic E-state index is 9.97. The van der Waals surface area contributed by atoms with Gasteiger partial charge in [-0.25, -0.2) is 0 Å². The molecule has 4 heteroatoms. The van der Waals surface area contributed by atoms with Crippen LogP contribution in [-0.4, -0.2) is 22.6 Å². The Hall–Kier alpha value is -2.62. The Kier molecular flexibility index (Phi) is 4.61. The van der Waals surface area contributed by atoms with Crippen LogP contribution in [-0.2, 0) is 0 Å². The smallest absolute Gasteiger partial charge is 0.127 e. The van der Waals surface area contributed by atoms with Gasteiger partial charge in [0.1, 0.15) is 11.5 Å². The fourth-order valence-electron chi connectivity index (χ4n) is 2.37. The summed E-state index contributed by atoms with van der Waals surface area (Å²) >= 11 is 0. The third-order valence-corrected chi connectivity index (χ3v) is 3.41. The summed E-state index contributed by atoms with van der Waals surface area (Å²) in [4.78, 5) is 0. The first-order valence-corrected chi connectivity index (χ1v) is 7.05. The first kappa shape index (κ1) is 15.8. The Morgan fingerprint density at radius 1 is 0.682 bits per heavy atom. The van der Waals surface area contributed by atoms with Crippen LogP contribution in [0.4, 0.5) is 0 Å². The first-order valence-electron chi connectivity index (χ1n) is 7.05. The molecule has 0 heterocycles. The molecule has 0 saturated carbocycles. The third-order valence-electron chi connectivity index (χ3n) is 3.41. The minimum atomic E-state index is 0.207. The first-order chi connectivity index (χ1) is 10.4. The Balaban J connectivity index is 2.23. The minimum Gasteiger partial charge on any atom is -0.507 e. The lowest BCUT2D eigenvalue weighted by Gasteiger charge is -2.04. The predicted octanol–water partition coefficient (Wildman–Crippen LogP) is 3.78. The van der Waals surface area contributed by atoms with Crippen LogP contribution >= 0.6 is 0 Å². The molecule has 0 spiro atoms. The van der Waals surface area contributed by atoms with Crippen LogP contribution in [0.25, 0.3) is 0 Å². The van der Waals surface area contributed by atoms with Gasteiger partial charge in [0.05, 0.1) is 12.4 Å². The normalized spacial score (nSPS) is 11.6. The van der Waals surface area contributed by atoms with E-state index in [4.69, 9.17) is 0 Å². The molecule has 0 unspecified atom stereocenters. The average molecular weight is 296 g/mol. The minimum absolute atomic E-state index is 0.207. The summed E-state index contributed by atoms with van der Waals surface area (Å²) in [5.74, 6) is 0.414. The molecular weight excluding hydrogens is 276 g/mol. The maximum Gasteiger partial charge on any atom is 0.127 e. The molecule has 0 atom stereocenters. The molecule has 0 aliphatic rings. The van der Waals surface area contributed by atoms with Crippen LogP contribution in [0.5, 0.6) is 11.5 Å². The lowest BCUT2D eigenvalue weighted by Crippen LogP contribution is -1.89. The van der Waals surface area contributed by atoms with Gasteiger partial charge in [-0.05, 0) is 62.1 Å². The SMILES string of the molecule is Cc1cc(C)c(O)c(/C=N/N=C/c2cc(C)cc(C)c2O)c1. The van der Waals surface area contributed by atoms with Crippen molar-refractivity contribution in [1.29, 1.82) is 0 Å². The predicted molar refractivity (Wildman–Crippen MR) is 90.3 cm³/mol. The number of benzene rings is 2. The molecule has 0 aliphatic carbocycles. The van der Waals surface area contributed by atoms with E-state index in [1.165, 1.54) is 12.4 Å². The summed E-state index contributed by atoms with van der Waals surface area (Å²) in [6, 6.07) is 7.50. The topological polar surface area (TPSA) is 65.2 Å². The number of rotatable bonds is 3. The zero-order valence-electron chi connectivity index (χ0n) is 13.3. The largest absolute Gasteiger partial charge is 0.507 e. The van der Waals surface area contributed by atoms with Gasteiger partial charge in [0, 0.05) is 11.1 Å². The monoisotopic (exact) mass is 296 g/mol. The number of hydrogen-bond acceptors (Lipinski definition) is 4. The van der Waals surface area contributed by atoms with Crippen molar-refractivity contribution in [3.63, 3.8) is 0 Å². The summed E-state index contributed by atoms with van der Waals surface area (Å²) in [7, 11) is 0. The molecule has 114 valence electrons. The van der Waals surface area contributed by atoms with Crippen LogP contribution in [0.15, 0.2) is 34.5 Å². The van der Waals surface area contributed by atoms with E-state index < -0.39 is 0 Å². The fourth-order valence-corrected chi connectivity index (χ4v) is 2.37. The zero-order valence-corrected chi connectivity index (χ0v) is 13.3. The summed E-state index contributed by atoms with van der Waals surface area (Å²) < 4.78 is 0. The zero-order chi connectivity index (χ0) is 16.3. The Labute approximate surface area is 130 Å². The molecule has 2 aromatic rings. The number of aromatic hydroxyl groups is 2. The molecule has 2 N–H and O–H groups in total. The highest BCUT2D eigenvalue weighted by Crippen LogP contribution is 2.23. The summed E-state index contributed by atoms with van der Waals surface area (Å²) in [6.07, 6.45) is 3.01. The number of nitrogens with zero attached hydrogens (tertiary/aromatic N) is 2. The van der Waals surface area contributed by atoms with Gasteiger partial charge in [-0.15, -0.1) is 0 Å². The van der Waals surface area contributed by atoms with Crippen LogP contribution in [0.3, 0.4) is 0 Å². The lowest BCUT2D eigenvalue weighted by molar-refractivity contribution is 0.469. The molecule has 0 radical (unpaired) electrons. The van der Waals surface area contributed by atoms with Crippen molar-refractivity contribution >= 4 is 12.4 Å². The molecule has 0 amide bonds. The van der Waals surface area contributed by atoms with Crippen LogP contribution in [0.2, 0.25) is 0 Å². The molecule has 2 aromatic carbocycles. The van der Waals surface area contributed by atoms with E-state index in [2.05, 4.69) is 10.2 Å². The third kappa shape index (κ3) is 3.52. The summed E-state index contributed by atoms with van der Waals surface area (Å²) in [5.41, 5.74) is 4.95. The average Bonchev–Trinajstić information content (AvgIpc) is 2.44. The van der Waals surface area contributed by atoms with E-state index in [9.17, 15) is 10.2 Å². The second-order valence-electron chi connectivity index (χ2n) is 5.53. The van der Waals surface area contributed by atoms with Gasteiger partial charge in [-0.2, -0.15) is 10.2 Å². The number of phenolic OH excluding ortho intramolecular Hbond substituents is 2. The Morgan fingerprint density at radius 2 is 1.05 bits per heavy atom. The second-order valence-corrected chi connectivity index (χ2v) is 5.53. The second kappa shape index (κ2) is 6.43. The lowest BCUT2D eigenvalue weighted by atomic mass is 10.1. The van der Waals surface area contributed by atoms with Crippen molar-refractivity contribution in [3.8, 4) is 11.5 Å². The molecule has 0 aromatic heterocycles. The van der Waals surface area contributed by atoms with E-state index in [1.807, 2.05) is 52.0 Å². The number of phenols is 2. The van der Waals surface area contributed by atoms with Crippen molar-refractivity contribution in [1.82, 2.24) is 0 Å². The summed E-state index contributed by atoms with van der Waals surface area (Å²) in [5, 5.41) is 27.9. The molecule has 0 saturated heterocycles. The van der Waals surface area contributed by atoms with Crippen LogP contribution in [0, 0.1) is 27.7 Å². The van der Waals surface area contributed by atoms with E-state index in [0.717, 1.165) is 22.3 Å².